The zero-order valence-electron chi connectivity index (χ0n) is 20.2. The molecule has 3 aromatic heterocycles. The quantitative estimate of drug-likeness (QED) is 0.426. The number of hydrazone groups is 1. The van der Waals surface area contributed by atoms with Crippen molar-refractivity contribution in [3.63, 3.8) is 0 Å². The summed E-state index contributed by atoms with van der Waals surface area (Å²) in [4.78, 5) is 34.4. The maximum Gasteiger partial charge on any atom is 0.407 e. The Morgan fingerprint density at radius 1 is 1.16 bits per heavy atom. The predicted octanol–water partition coefficient (Wildman–Crippen LogP) is 3.06. The number of rotatable bonds is 5. The lowest BCUT2D eigenvalue weighted by molar-refractivity contribution is 0.0958. The fourth-order valence-corrected chi connectivity index (χ4v) is 4.50. The molecule has 2 aliphatic heterocycles. The van der Waals surface area contributed by atoms with Crippen LogP contribution in [0.3, 0.4) is 0 Å². The first-order valence-electron chi connectivity index (χ1n) is 11.9. The fraction of sp³-hybridized carbons (Fsp3) is 0.280. The van der Waals surface area contributed by atoms with Gasteiger partial charge in [0.25, 0.3) is 5.91 Å². The van der Waals surface area contributed by atoms with Crippen LogP contribution >= 0.6 is 0 Å². The third kappa shape index (κ3) is 4.15. The molecule has 2 N–H and O–H groups in total. The summed E-state index contributed by atoms with van der Waals surface area (Å²) in [6.45, 7) is 3.45. The molecular formula is C25H24N8O4. The highest BCUT2D eigenvalue weighted by Crippen LogP contribution is 2.29. The Kier molecular flexibility index (Phi) is 5.36. The highest BCUT2D eigenvalue weighted by Gasteiger charge is 2.35. The number of nitrogens with zero attached hydrogens (tertiary/aromatic N) is 7. The van der Waals surface area contributed by atoms with Crippen LogP contribution in [-0.2, 0) is 0 Å². The smallest absolute Gasteiger partial charge is 0.407 e. The molecule has 1 aromatic carbocycles. The number of benzene rings is 1. The van der Waals surface area contributed by atoms with Gasteiger partial charge in [-0.15, -0.1) is 0 Å². The molecule has 0 spiro atoms. The van der Waals surface area contributed by atoms with E-state index in [9.17, 15) is 9.59 Å². The highest BCUT2D eigenvalue weighted by molar-refractivity contribution is 6.05. The number of hydrogen-bond donors (Lipinski definition) is 2. The summed E-state index contributed by atoms with van der Waals surface area (Å²) in [5.74, 6) is 0.371. The van der Waals surface area contributed by atoms with Crippen LogP contribution in [-0.4, -0.2) is 78.9 Å². The maximum absolute atomic E-state index is 13.2. The van der Waals surface area contributed by atoms with E-state index in [1.54, 1.807) is 16.7 Å². The van der Waals surface area contributed by atoms with Crippen molar-refractivity contribution in [1.82, 2.24) is 29.4 Å². The zero-order valence-corrected chi connectivity index (χ0v) is 20.2. The van der Waals surface area contributed by atoms with Crippen molar-refractivity contribution in [3.8, 4) is 11.4 Å². The third-order valence-corrected chi connectivity index (χ3v) is 6.73. The summed E-state index contributed by atoms with van der Waals surface area (Å²) >= 11 is 0. The second-order valence-electron chi connectivity index (χ2n) is 9.29. The number of carbonyl (C=O) groups excluding carboxylic acids is 1. The Balaban J connectivity index is 1.20. The number of likely N-dealkylation sites (tertiary alicyclic amines) is 1. The second-order valence-corrected chi connectivity index (χ2v) is 9.29. The first-order chi connectivity index (χ1) is 17.9. The first-order valence-corrected chi connectivity index (χ1v) is 11.9. The minimum Gasteiger partial charge on any atom is -0.465 e. The van der Waals surface area contributed by atoms with Gasteiger partial charge in [-0.25, -0.2) is 9.78 Å². The van der Waals surface area contributed by atoms with E-state index in [-0.39, 0.29) is 11.8 Å². The summed E-state index contributed by atoms with van der Waals surface area (Å²) in [7, 11) is 1.95. The van der Waals surface area contributed by atoms with Crippen molar-refractivity contribution < 1.29 is 19.2 Å². The molecule has 2 amide bonds. The van der Waals surface area contributed by atoms with Crippen molar-refractivity contribution in [2.45, 2.75) is 19.3 Å². The zero-order chi connectivity index (χ0) is 25.7. The number of hydrogen-bond acceptors (Lipinski definition) is 8. The van der Waals surface area contributed by atoms with Crippen LogP contribution < -0.4 is 5.32 Å². The molecule has 0 saturated carbocycles. The van der Waals surface area contributed by atoms with Gasteiger partial charge in [-0.05, 0) is 30.7 Å². The summed E-state index contributed by atoms with van der Waals surface area (Å²) in [6, 6.07) is 9.40. The molecule has 2 aliphatic rings. The van der Waals surface area contributed by atoms with E-state index in [2.05, 4.69) is 25.5 Å². The Labute approximate surface area is 211 Å². The van der Waals surface area contributed by atoms with Gasteiger partial charge in [0.15, 0.2) is 0 Å². The van der Waals surface area contributed by atoms with Gasteiger partial charge in [0, 0.05) is 56.1 Å². The number of anilines is 1. The predicted molar refractivity (Wildman–Crippen MR) is 134 cm³/mol. The molecule has 1 fully saturated rings. The van der Waals surface area contributed by atoms with Gasteiger partial charge in [0.05, 0.1) is 17.8 Å². The number of carboxylic acid groups (broad SMARTS) is 1. The van der Waals surface area contributed by atoms with Gasteiger partial charge in [-0.3, -0.25) is 14.2 Å². The number of fused-ring (bicyclic) bond motifs is 1. The number of pyridine rings is 1. The minimum atomic E-state index is -0.961. The van der Waals surface area contributed by atoms with E-state index in [0.717, 1.165) is 29.8 Å². The molecule has 0 unspecified atom stereocenters. The average Bonchev–Trinajstić information content (AvgIpc) is 3.58. The maximum atomic E-state index is 13.2. The molecule has 188 valence electrons. The molecule has 37 heavy (non-hydrogen) atoms. The molecular weight excluding hydrogens is 476 g/mol. The van der Waals surface area contributed by atoms with Gasteiger partial charge in [-0.1, -0.05) is 17.3 Å². The van der Waals surface area contributed by atoms with Crippen molar-refractivity contribution in [3.05, 3.63) is 65.4 Å². The van der Waals surface area contributed by atoms with Crippen molar-refractivity contribution in [2.24, 2.45) is 5.10 Å². The van der Waals surface area contributed by atoms with Crippen LogP contribution in [0.2, 0.25) is 0 Å². The van der Waals surface area contributed by atoms with E-state index in [1.165, 1.54) is 4.90 Å². The van der Waals surface area contributed by atoms with Crippen LogP contribution in [0.15, 0.2) is 52.4 Å². The lowest BCUT2D eigenvalue weighted by atomic mass is 10.0. The molecule has 12 nitrogen and oxygen atoms in total. The summed E-state index contributed by atoms with van der Waals surface area (Å²) < 4.78 is 7.12. The fourth-order valence-electron chi connectivity index (χ4n) is 4.50. The molecule has 0 bridgehead atoms. The summed E-state index contributed by atoms with van der Waals surface area (Å²) in [6.07, 6.45) is 3.31. The molecule has 0 atom stereocenters. The number of aryl methyl sites for hydroxylation is 1. The van der Waals surface area contributed by atoms with Gasteiger partial charge >= 0.3 is 6.09 Å². The van der Waals surface area contributed by atoms with Crippen molar-refractivity contribution >= 4 is 29.0 Å². The number of imidazole rings is 1. The van der Waals surface area contributed by atoms with E-state index >= 15 is 0 Å². The van der Waals surface area contributed by atoms with Crippen LogP contribution in [0.4, 0.5) is 10.5 Å². The van der Waals surface area contributed by atoms with Gasteiger partial charge in [-0.2, -0.15) is 10.1 Å². The molecule has 5 heterocycles. The van der Waals surface area contributed by atoms with E-state index < -0.39 is 6.09 Å². The first kappa shape index (κ1) is 22.7. The molecule has 1 saturated heterocycles. The average molecular weight is 501 g/mol. The second kappa shape index (κ2) is 8.73. The number of aromatic nitrogens is 4. The molecule has 0 aliphatic carbocycles. The van der Waals surface area contributed by atoms with Crippen molar-refractivity contribution in [1.29, 1.82) is 0 Å². The molecule has 12 heteroatoms. The lowest BCUT2D eigenvalue weighted by Crippen LogP contribution is -2.47. The topological polar surface area (TPSA) is 141 Å². The summed E-state index contributed by atoms with van der Waals surface area (Å²) in [5, 5.41) is 22.5. The SMILES string of the molecule is Cc1ccc(-c2noc(C3CN(C(=O)O)C3)n2)cc1NC(=O)c1cnc2cc(C3=NN(C)CC3)ccn12. The third-order valence-electron chi connectivity index (χ3n) is 6.73. The lowest BCUT2D eigenvalue weighted by Gasteiger charge is -2.34. The molecule has 6 rings (SSSR count). The number of nitrogens with one attached hydrogen (secondary N) is 1. The summed E-state index contributed by atoms with van der Waals surface area (Å²) in [5.41, 5.74) is 5.24. The number of amides is 2. The van der Waals surface area contributed by atoms with Gasteiger partial charge < -0.3 is 19.8 Å². The molecule has 0 radical (unpaired) electrons. The normalized spacial score (nSPS) is 15.7. The minimum absolute atomic E-state index is 0.112. The highest BCUT2D eigenvalue weighted by atomic mass is 16.5. The van der Waals surface area contributed by atoms with Crippen molar-refractivity contribution in [2.75, 3.05) is 32.0 Å². The van der Waals surface area contributed by atoms with Crippen LogP contribution in [0.5, 0.6) is 0 Å². The number of carbonyl (C=O) groups is 2. The van der Waals surface area contributed by atoms with Gasteiger partial charge in [0.2, 0.25) is 11.7 Å². The van der Waals surface area contributed by atoms with E-state index in [1.807, 2.05) is 49.4 Å². The Bertz CT molecular complexity index is 1570. The van der Waals surface area contributed by atoms with E-state index in [0.29, 0.717) is 47.4 Å². The van der Waals surface area contributed by atoms with Crippen LogP contribution in [0, 0.1) is 6.92 Å². The van der Waals surface area contributed by atoms with Crippen LogP contribution in [0.25, 0.3) is 17.0 Å². The standard InChI is InChI=1S/C25H24N8O4/c1-14-3-4-16(22-28-24(37-30-22)17-12-32(13-17)25(35)36)9-19(14)27-23(34)20-11-26-21-10-15(5-8-33(20)21)18-6-7-31(2)29-18/h3-5,8-11,17H,6-7,12-13H2,1-2H3,(H,27,34)(H,35,36). The van der Waals surface area contributed by atoms with Crippen LogP contribution in [0.1, 0.15) is 39.8 Å². The monoisotopic (exact) mass is 500 g/mol. The largest absolute Gasteiger partial charge is 0.465 e. The molecule has 4 aromatic rings. The Morgan fingerprint density at radius 2 is 2.00 bits per heavy atom. The Morgan fingerprint density at radius 3 is 2.76 bits per heavy atom. The van der Waals surface area contributed by atoms with E-state index in [4.69, 9.17) is 9.63 Å². The van der Waals surface area contributed by atoms with Gasteiger partial charge in [0.1, 0.15) is 11.3 Å². The Hall–Kier alpha value is -4.74.